The van der Waals surface area contributed by atoms with E-state index in [2.05, 4.69) is 17.1 Å². The number of hydrogen-bond acceptors (Lipinski definition) is 3. The molecule has 0 bridgehead atoms. The summed E-state index contributed by atoms with van der Waals surface area (Å²) in [6.45, 7) is 6.35. The van der Waals surface area contributed by atoms with Crippen LogP contribution in [0.5, 0.6) is 0 Å². The van der Waals surface area contributed by atoms with Gasteiger partial charge in [0.05, 0.1) is 6.04 Å². The van der Waals surface area contributed by atoms with Crippen LogP contribution >= 0.6 is 0 Å². The molecule has 0 saturated carbocycles. The molecule has 0 aromatic rings. The number of nitrogens with zero attached hydrogens (tertiary/aromatic N) is 2. The van der Waals surface area contributed by atoms with Crippen molar-refractivity contribution in [3.63, 3.8) is 0 Å². The predicted octanol–water partition coefficient (Wildman–Crippen LogP) is 0.681. The molecule has 98 valence electrons. The van der Waals surface area contributed by atoms with Crippen LogP contribution < -0.4 is 5.32 Å². The van der Waals surface area contributed by atoms with Crippen molar-refractivity contribution in [1.29, 1.82) is 0 Å². The van der Waals surface area contributed by atoms with Crippen molar-refractivity contribution in [3.8, 4) is 0 Å². The highest BCUT2D eigenvalue weighted by Gasteiger charge is 2.35. The number of piperidine rings is 1. The van der Waals surface area contributed by atoms with Crippen LogP contribution in [0.15, 0.2) is 0 Å². The number of likely N-dealkylation sites (tertiary alicyclic amines) is 2. The Morgan fingerprint density at radius 3 is 2.82 bits per heavy atom. The number of hydrogen-bond donors (Lipinski definition) is 1. The lowest BCUT2D eigenvalue weighted by Gasteiger charge is -2.36. The summed E-state index contributed by atoms with van der Waals surface area (Å²) in [6.07, 6.45) is 4.67. The zero-order chi connectivity index (χ0) is 12.3. The first-order valence-electron chi connectivity index (χ1n) is 6.94. The van der Waals surface area contributed by atoms with Crippen LogP contribution in [0.2, 0.25) is 0 Å². The average Bonchev–Trinajstić information content (AvgIpc) is 2.68. The molecule has 4 heteroatoms. The van der Waals surface area contributed by atoms with E-state index in [4.69, 9.17) is 0 Å². The first-order chi connectivity index (χ1) is 8.22. The summed E-state index contributed by atoms with van der Waals surface area (Å²) in [6, 6.07) is 0.744. The first kappa shape index (κ1) is 12.8. The Kier molecular flexibility index (Phi) is 4.40. The minimum Gasteiger partial charge on any atom is -0.344 e. The van der Waals surface area contributed by atoms with Crippen molar-refractivity contribution >= 4 is 5.91 Å². The van der Waals surface area contributed by atoms with Crippen LogP contribution in [0.4, 0.5) is 0 Å². The molecule has 0 aromatic carbocycles. The van der Waals surface area contributed by atoms with Gasteiger partial charge in [0.15, 0.2) is 0 Å². The molecule has 2 unspecified atom stereocenters. The Morgan fingerprint density at radius 2 is 2.18 bits per heavy atom. The van der Waals surface area contributed by atoms with Gasteiger partial charge in [0.25, 0.3) is 0 Å². The molecule has 1 amide bonds. The van der Waals surface area contributed by atoms with Crippen molar-refractivity contribution in [2.24, 2.45) is 0 Å². The Morgan fingerprint density at radius 1 is 1.35 bits per heavy atom. The van der Waals surface area contributed by atoms with E-state index >= 15 is 0 Å². The molecule has 0 radical (unpaired) electrons. The fraction of sp³-hybridized carbons (Fsp3) is 0.923. The maximum Gasteiger partial charge on any atom is 0.239 e. The molecular formula is C13H25N3O. The first-order valence-corrected chi connectivity index (χ1v) is 6.94. The highest BCUT2D eigenvalue weighted by atomic mass is 16.2. The molecule has 0 aromatic heterocycles. The highest BCUT2D eigenvalue weighted by Crippen LogP contribution is 2.20. The minimum absolute atomic E-state index is 0.159. The number of carbonyl (C=O) groups is 1. The van der Waals surface area contributed by atoms with Gasteiger partial charge in [-0.25, -0.2) is 0 Å². The van der Waals surface area contributed by atoms with Crippen molar-refractivity contribution in [2.75, 3.05) is 33.2 Å². The van der Waals surface area contributed by atoms with Crippen molar-refractivity contribution in [2.45, 2.75) is 44.7 Å². The van der Waals surface area contributed by atoms with Crippen LogP contribution in [0.25, 0.3) is 0 Å². The van der Waals surface area contributed by atoms with Crippen LogP contribution in [0, 0.1) is 0 Å². The van der Waals surface area contributed by atoms with E-state index in [-0.39, 0.29) is 6.04 Å². The standard InChI is InChI=1S/C13H25N3O/c1-3-7-14-11-5-4-8-16(10-11)12-6-9-15(2)13(12)17/h11-12,14H,3-10H2,1-2H3. The molecule has 2 heterocycles. The summed E-state index contributed by atoms with van der Waals surface area (Å²) in [5.41, 5.74) is 0. The van der Waals surface area contributed by atoms with Gasteiger partial charge >= 0.3 is 0 Å². The zero-order valence-corrected chi connectivity index (χ0v) is 11.1. The predicted molar refractivity (Wildman–Crippen MR) is 68.9 cm³/mol. The molecule has 0 spiro atoms. The van der Waals surface area contributed by atoms with Crippen molar-refractivity contribution in [3.05, 3.63) is 0 Å². The number of nitrogens with one attached hydrogen (secondary N) is 1. The Labute approximate surface area is 104 Å². The van der Waals surface area contributed by atoms with E-state index in [0.717, 1.165) is 32.6 Å². The molecule has 2 atom stereocenters. The SMILES string of the molecule is CCCNC1CCCN(C2CCN(C)C2=O)C1. The molecule has 0 aliphatic carbocycles. The van der Waals surface area contributed by atoms with Crippen LogP contribution in [-0.2, 0) is 4.79 Å². The fourth-order valence-corrected chi connectivity index (χ4v) is 2.95. The summed E-state index contributed by atoms with van der Waals surface area (Å²) < 4.78 is 0. The molecule has 1 N–H and O–H groups in total. The van der Waals surface area contributed by atoms with Gasteiger partial charge in [0, 0.05) is 26.2 Å². The molecule has 2 aliphatic rings. The van der Waals surface area contributed by atoms with E-state index in [1.54, 1.807) is 0 Å². The van der Waals surface area contributed by atoms with E-state index in [0.29, 0.717) is 11.9 Å². The summed E-state index contributed by atoms with van der Waals surface area (Å²) in [4.78, 5) is 16.2. The molecular weight excluding hydrogens is 214 g/mol. The second kappa shape index (κ2) is 5.83. The zero-order valence-electron chi connectivity index (χ0n) is 11.1. The largest absolute Gasteiger partial charge is 0.344 e. The maximum absolute atomic E-state index is 12.0. The van der Waals surface area contributed by atoms with Gasteiger partial charge in [0.2, 0.25) is 5.91 Å². The van der Waals surface area contributed by atoms with Crippen molar-refractivity contribution in [1.82, 2.24) is 15.1 Å². The molecule has 4 nitrogen and oxygen atoms in total. The lowest BCUT2D eigenvalue weighted by molar-refractivity contribution is -0.131. The number of carbonyl (C=O) groups excluding carboxylic acids is 1. The van der Waals surface area contributed by atoms with Gasteiger partial charge < -0.3 is 10.2 Å². The molecule has 2 aliphatic heterocycles. The quantitative estimate of drug-likeness (QED) is 0.784. The van der Waals surface area contributed by atoms with Gasteiger partial charge in [-0.3, -0.25) is 9.69 Å². The smallest absolute Gasteiger partial charge is 0.239 e. The molecule has 17 heavy (non-hydrogen) atoms. The van der Waals surface area contributed by atoms with Gasteiger partial charge in [-0.2, -0.15) is 0 Å². The second-order valence-electron chi connectivity index (χ2n) is 5.35. The van der Waals surface area contributed by atoms with Gasteiger partial charge in [-0.15, -0.1) is 0 Å². The number of likely N-dealkylation sites (N-methyl/N-ethyl adjacent to an activating group) is 1. The fourth-order valence-electron chi connectivity index (χ4n) is 2.95. The lowest BCUT2D eigenvalue weighted by Crippen LogP contribution is -2.51. The van der Waals surface area contributed by atoms with Gasteiger partial charge in [-0.1, -0.05) is 6.92 Å². The highest BCUT2D eigenvalue weighted by molar-refractivity contribution is 5.83. The maximum atomic E-state index is 12.0. The lowest BCUT2D eigenvalue weighted by atomic mass is 10.0. The number of rotatable bonds is 4. The van der Waals surface area contributed by atoms with E-state index in [1.165, 1.54) is 19.3 Å². The van der Waals surface area contributed by atoms with E-state index in [9.17, 15) is 4.79 Å². The third kappa shape index (κ3) is 2.99. The Hall–Kier alpha value is -0.610. The molecule has 2 rings (SSSR count). The average molecular weight is 239 g/mol. The monoisotopic (exact) mass is 239 g/mol. The normalized spacial score (nSPS) is 31.2. The summed E-state index contributed by atoms with van der Waals surface area (Å²) in [5, 5.41) is 3.58. The third-order valence-electron chi connectivity index (χ3n) is 3.98. The second-order valence-corrected chi connectivity index (χ2v) is 5.35. The van der Waals surface area contributed by atoms with E-state index in [1.807, 2.05) is 11.9 Å². The third-order valence-corrected chi connectivity index (χ3v) is 3.98. The Bertz CT molecular complexity index is 269. The van der Waals surface area contributed by atoms with E-state index < -0.39 is 0 Å². The summed E-state index contributed by atoms with van der Waals surface area (Å²) in [5.74, 6) is 0.321. The van der Waals surface area contributed by atoms with Gasteiger partial charge in [0.1, 0.15) is 0 Å². The van der Waals surface area contributed by atoms with Crippen LogP contribution in [0.1, 0.15) is 32.6 Å². The van der Waals surface area contributed by atoms with Crippen LogP contribution in [-0.4, -0.2) is 61.0 Å². The number of amides is 1. The topological polar surface area (TPSA) is 35.6 Å². The molecule has 2 saturated heterocycles. The summed E-state index contributed by atoms with van der Waals surface area (Å²) in [7, 11) is 1.92. The summed E-state index contributed by atoms with van der Waals surface area (Å²) >= 11 is 0. The minimum atomic E-state index is 0.159. The van der Waals surface area contributed by atoms with Gasteiger partial charge in [-0.05, 0) is 38.8 Å². The van der Waals surface area contributed by atoms with Crippen molar-refractivity contribution < 1.29 is 4.79 Å². The molecule has 2 fully saturated rings. The van der Waals surface area contributed by atoms with Crippen LogP contribution in [0.3, 0.4) is 0 Å². The Balaban J connectivity index is 1.86.